The third kappa shape index (κ3) is 10.1. The highest BCUT2D eigenvalue weighted by molar-refractivity contribution is 5.86. The van der Waals surface area contributed by atoms with Crippen LogP contribution >= 0.6 is 0 Å². The van der Waals surface area contributed by atoms with Crippen LogP contribution < -0.4 is 0 Å². The highest BCUT2D eigenvalue weighted by Crippen LogP contribution is 2.11. The summed E-state index contributed by atoms with van der Waals surface area (Å²) in [4.78, 5) is 11.1. The van der Waals surface area contributed by atoms with E-state index in [1.54, 1.807) is 6.92 Å². The third-order valence-corrected chi connectivity index (χ3v) is 2.57. The van der Waals surface area contributed by atoms with Crippen LogP contribution in [0, 0.1) is 5.92 Å². The molecular formula is C14H26O3. The maximum Gasteiger partial charge on any atom is 0.333 e. The van der Waals surface area contributed by atoms with Gasteiger partial charge in [-0.1, -0.05) is 46.1 Å². The van der Waals surface area contributed by atoms with Gasteiger partial charge in [-0.05, 0) is 19.3 Å². The normalized spacial score (nSPS) is 12.5. The number of esters is 1. The summed E-state index contributed by atoms with van der Waals surface area (Å²) in [5.41, 5.74) is 0.370. The van der Waals surface area contributed by atoms with Gasteiger partial charge < -0.3 is 9.84 Å². The van der Waals surface area contributed by atoms with Gasteiger partial charge in [-0.3, -0.25) is 0 Å². The lowest BCUT2D eigenvalue weighted by molar-refractivity contribution is -0.142. The highest BCUT2D eigenvalue weighted by Gasteiger charge is 2.08. The van der Waals surface area contributed by atoms with Crippen molar-refractivity contribution in [2.75, 3.05) is 6.61 Å². The van der Waals surface area contributed by atoms with Crippen molar-refractivity contribution in [1.82, 2.24) is 0 Å². The van der Waals surface area contributed by atoms with Gasteiger partial charge in [0, 0.05) is 5.57 Å². The Bertz CT molecular complexity index is 234. The van der Waals surface area contributed by atoms with Crippen LogP contribution in [0.25, 0.3) is 0 Å². The number of aliphatic hydroxyl groups excluding tert-OH is 1. The van der Waals surface area contributed by atoms with Crippen molar-refractivity contribution < 1.29 is 14.6 Å². The third-order valence-electron chi connectivity index (χ3n) is 2.57. The summed E-state index contributed by atoms with van der Waals surface area (Å²) in [5.74, 6) is 0.320. The second-order valence-corrected chi connectivity index (χ2v) is 5.06. The van der Waals surface area contributed by atoms with Crippen molar-refractivity contribution in [1.29, 1.82) is 0 Å². The van der Waals surface area contributed by atoms with Gasteiger partial charge in [0.1, 0.15) is 6.61 Å². The topological polar surface area (TPSA) is 46.5 Å². The lowest BCUT2D eigenvalue weighted by atomic mass is 10.0. The number of carbonyl (C=O) groups excluding carboxylic acids is 1. The molecule has 0 radical (unpaired) electrons. The maximum absolute atomic E-state index is 11.1. The van der Waals surface area contributed by atoms with Gasteiger partial charge in [-0.2, -0.15) is 0 Å². The number of hydrogen-bond acceptors (Lipinski definition) is 3. The molecule has 0 saturated heterocycles. The molecule has 0 bridgehead atoms. The molecule has 3 heteroatoms. The minimum absolute atomic E-state index is 0.0792. The van der Waals surface area contributed by atoms with Crippen LogP contribution in [-0.2, 0) is 9.53 Å². The molecule has 17 heavy (non-hydrogen) atoms. The number of rotatable bonds is 9. The zero-order valence-electron chi connectivity index (χ0n) is 11.4. The molecule has 1 N–H and O–H groups in total. The summed E-state index contributed by atoms with van der Waals surface area (Å²) in [5, 5.41) is 9.58. The van der Waals surface area contributed by atoms with Gasteiger partial charge in [0.25, 0.3) is 0 Å². The van der Waals surface area contributed by atoms with Crippen molar-refractivity contribution in [3.8, 4) is 0 Å². The highest BCUT2D eigenvalue weighted by atomic mass is 16.5. The first-order chi connectivity index (χ1) is 7.93. The number of unbranched alkanes of at least 4 members (excludes halogenated alkanes) is 2. The first kappa shape index (κ1) is 16.2. The molecule has 0 aromatic rings. The van der Waals surface area contributed by atoms with E-state index in [1.807, 2.05) is 0 Å². The predicted molar refractivity (Wildman–Crippen MR) is 69.7 cm³/mol. The minimum Gasteiger partial charge on any atom is -0.460 e. The molecule has 3 nitrogen and oxygen atoms in total. The Morgan fingerprint density at radius 3 is 2.35 bits per heavy atom. The Balaban J connectivity index is 3.44. The molecule has 0 saturated carbocycles. The molecule has 1 atom stereocenters. The average Bonchev–Trinajstić information content (AvgIpc) is 2.24. The molecule has 0 rings (SSSR count). The van der Waals surface area contributed by atoms with Crippen molar-refractivity contribution in [3.63, 3.8) is 0 Å². The fourth-order valence-electron chi connectivity index (χ4n) is 1.49. The van der Waals surface area contributed by atoms with Gasteiger partial charge >= 0.3 is 5.97 Å². The standard InChI is InChI=1S/C14H26O3/c1-11(2)8-6-5-7-9-13(15)10-17-14(16)12(3)4/h11,13,15H,3,5-10H2,1-2,4H3. The lowest BCUT2D eigenvalue weighted by Gasteiger charge is -2.11. The zero-order valence-corrected chi connectivity index (χ0v) is 11.4. The second kappa shape index (κ2) is 9.23. The quantitative estimate of drug-likeness (QED) is 0.384. The summed E-state index contributed by atoms with van der Waals surface area (Å²) in [7, 11) is 0. The van der Waals surface area contributed by atoms with Gasteiger partial charge in [0.15, 0.2) is 0 Å². The molecule has 1 unspecified atom stereocenters. The van der Waals surface area contributed by atoms with Crippen molar-refractivity contribution >= 4 is 5.97 Å². The fraction of sp³-hybridized carbons (Fsp3) is 0.786. The lowest BCUT2D eigenvalue weighted by Crippen LogP contribution is -2.18. The number of aliphatic hydroxyl groups is 1. The summed E-state index contributed by atoms with van der Waals surface area (Å²) < 4.78 is 4.87. The van der Waals surface area contributed by atoms with Crippen LogP contribution in [0.2, 0.25) is 0 Å². The van der Waals surface area contributed by atoms with Crippen LogP contribution in [0.15, 0.2) is 12.2 Å². The van der Waals surface area contributed by atoms with E-state index in [0.29, 0.717) is 12.0 Å². The van der Waals surface area contributed by atoms with Crippen LogP contribution in [0.1, 0.15) is 52.9 Å². The van der Waals surface area contributed by atoms with E-state index in [2.05, 4.69) is 20.4 Å². The van der Waals surface area contributed by atoms with Gasteiger partial charge in [0.05, 0.1) is 6.10 Å². The van der Waals surface area contributed by atoms with Crippen LogP contribution in [-0.4, -0.2) is 23.8 Å². The van der Waals surface area contributed by atoms with Crippen LogP contribution in [0.3, 0.4) is 0 Å². The molecule has 100 valence electrons. The Labute approximate surface area is 105 Å². The van der Waals surface area contributed by atoms with E-state index in [1.165, 1.54) is 12.8 Å². The van der Waals surface area contributed by atoms with E-state index < -0.39 is 12.1 Å². The van der Waals surface area contributed by atoms with Crippen LogP contribution in [0.4, 0.5) is 0 Å². The first-order valence-electron chi connectivity index (χ1n) is 6.44. The molecule has 0 spiro atoms. The van der Waals surface area contributed by atoms with Gasteiger partial charge in [-0.25, -0.2) is 4.79 Å². The maximum atomic E-state index is 11.1. The minimum atomic E-state index is -0.544. The van der Waals surface area contributed by atoms with Crippen LogP contribution in [0.5, 0.6) is 0 Å². The summed E-state index contributed by atoms with van der Waals surface area (Å²) in [6.45, 7) is 9.59. The van der Waals surface area contributed by atoms with E-state index in [0.717, 1.165) is 18.8 Å². The zero-order chi connectivity index (χ0) is 13.3. The Hall–Kier alpha value is -0.830. The monoisotopic (exact) mass is 242 g/mol. The van der Waals surface area contributed by atoms with E-state index in [-0.39, 0.29) is 6.61 Å². The first-order valence-corrected chi connectivity index (χ1v) is 6.44. The summed E-state index contributed by atoms with van der Waals surface area (Å²) >= 11 is 0. The van der Waals surface area contributed by atoms with E-state index >= 15 is 0 Å². The summed E-state index contributed by atoms with van der Waals surface area (Å²) in [6, 6.07) is 0. The Morgan fingerprint density at radius 1 is 1.24 bits per heavy atom. The Morgan fingerprint density at radius 2 is 1.82 bits per heavy atom. The predicted octanol–water partition coefficient (Wildman–Crippen LogP) is 3.07. The van der Waals surface area contributed by atoms with E-state index in [9.17, 15) is 9.90 Å². The second-order valence-electron chi connectivity index (χ2n) is 5.06. The van der Waals surface area contributed by atoms with Gasteiger partial charge in [-0.15, -0.1) is 0 Å². The van der Waals surface area contributed by atoms with Gasteiger partial charge in [0.2, 0.25) is 0 Å². The molecule has 0 amide bonds. The average molecular weight is 242 g/mol. The Kier molecular flexibility index (Phi) is 8.78. The number of ether oxygens (including phenoxy) is 1. The van der Waals surface area contributed by atoms with Crippen molar-refractivity contribution in [2.24, 2.45) is 5.92 Å². The largest absolute Gasteiger partial charge is 0.460 e. The number of hydrogen-bond donors (Lipinski definition) is 1. The number of carbonyl (C=O) groups is 1. The molecule has 0 aromatic heterocycles. The molecule has 0 aromatic carbocycles. The molecule has 0 aliphatic carbocycles. The molecule has 0 aliphatic rings. The van der Waals surface area contributed by atoms with Crippen molar-refractivity contribution in [3.05, 3.63) is 12.2 Å². The molecule has 0 aliphatic heterocycles. The fourth-order valence-corrected chi connectivity index (χ4v) is 1.49. The summed E-state index contributed by atoms with van der Waals surface area (Å²) in [6.07, 6.45) is 4.71. The molecular weight excluding hydrogens is 216 g/mol. The molecule has 0 fully saturated rings. The van der Waals surface area contributed by atoms with Crippen molar-refractivity contribution in [2.45, 2.75) is 59.0 Å². The molecule has 0 heterocycles. The van der Waals surface area contributed by atoms with E-state index in [4.69, 9.17) is 4.74 Å². The smallest absolute Gasteiger partial charge is 0.333 e. The SMILES string of the molecule is C=C(C)C(=O)OCC(O)CCCCCC(C)C.